The molecule has 3 aliphatic rings. The minimum atomic E-state index is 0.0569. The van der Waals surface area contributed by atoms with E-state index in [0.29, 0.717) is 26.2 Å². The molecule has 4 rings (SSSR count). The number of methoxy groups -OCH3 is 1. The third-order valence-corrected chi connectivity index (χ3v) is 6.08. The Morgan fingerprint density at radius 2 is 1.92 bits per heavy atom. The molecule has 0 bridgehead atoms. The molecule has 1 atom stereocenters. The van der Waals surface area contributed by atoms with E-state index < -0.39 is 0 Å². The molecule has 0 saturated heterocycles. The van der Waals surface area contributed by atoms with Crippen LogP contribution >= 0.6 is 0 Å². The largest absolute Gasteiger partial charge is 0.486 e. The van der Waals surface area contributed by atoms with Gasteiger partial charge in [-0.15, -0.1) is 0 Å². The van der Waals surface area contributed by atoms with Crippen molar-refractivity contribution in [2.45, 2.75) is 50.5 Å². The third kappa shape index (κ3) is 2.78. The maximum atomic E-state index is 12.8. The molecule has 1 aromatic rings. The van der Waals surface area contributed by atoms with Gasteiger partial charge in [-0.05, 0) is 43.0 Å². The zero-order chi connectivity index (χ0) is 17.4. The smallest absolute Gasteiger partial charge is 0.225 e. The number of nitrogens with zero attached hydrogens (tertiary/aromatic N) is 1. The number of carbonyl (C=O) groups excluding carboxylic acids is 1. The molecular weight excluding hydrogens is 318 g/mol. The van der Waals surface area contributed by atoms with Gasteiger partial charge >= 0.3 is 0 Å². The molecule has 136 valence electrons. The number of amides is 1. The Labute approximate surface area is 149 Å². The minimum absolute atomic E-state index is 0.0569. The van der Waals surface area contributed by atoms with Crippen LogP contribution in [0.4, 0.5) is 0 Å². The highest BCUT2D eigenvalue weighted by Gasteiger charge is 2.46. The predicted molar refractivity (Wildman–Crippen MR) is 94.2 cm³/mol. The van der Waals surface area contributed by atoms with E-state index in [1.165, 1.54) is 24.0 Å². The first kappa shape index (κ1) is 16.7. The van der Waals surface area contributed by atoms with Gasteiger partial charge < -0.3 is 19.1 Å². The van der Waals surface area contributed by atoms with Gasteiger partial charge in [0.25, 0.3) is 0 Å². The van der Waals surface area contributed by atoms with E-state index in [0.717, 1.165) is 30.9 Å². The van der Waals surface area contributed by atoms with Crippen molar-refractivity contribution >= 4 is 5.91 Å². The second-order valence-corrected chi connectivity index (χ2v) is 7.51. The molecule has 1 amide bonds. The molecule has 5 heteroatoms. The van der Waals surface area contributed by atoms with E-state index in [4.69, 9.17) is 14.2 Å². The van der Waals surface area contributed by atoms with Crippen molar-refractivity contribution in [1.29, 1.82) is 0 Å². The van der Waals surface area contributed by atoms with Crippen molar-refractivity contribution in [2.75, 3.05) is 33.5 Å². The van der Waals surface area contributed by atoms with E-state index in [1.54, 1.807) is 7.11 Å². The average Bonchev–Trinajstić information content (AvgIpc) is 3.11. The lowest BCUT2D eigenvalue weighted by atomic mass is 9.71. The fourth-order valence-electron chi connectivity index (χ4n) is 4.74. The summed E-state index contributed by atoms with van der Waals surface area (Å²) in [6.07, 6.45) is 5.17. The van der Waals surface area contributed by atoms with Crippen LogP contribution in [-0.2, 0) is 14.9 Å². The Morgan fingerprint density at radius 3 is 2.60 bits per heavy atom. The Morgan fingerprint density at radius 1 is 1.24 bits per heavy atom. The Hall–Kier alpha value is -1.75. The van der Waals surface area contributed by atoms with Gasteiger partial charge in [-0.1, -0.05) is 12.8 Å². The number of fused-ring (bicyclic) bond motifs is 3. The average molecular weight is 345 g/mol. The normalized spacial score (nSPS) is 23.6. The number of rotatable bonds is 3. The van der Waals surface area contributed by atoms with Crippen molar-refractivity contribution < 1.29 is 19.0 Å². The van der Waals surface area contributed by atoms with Crippen LogP contribution in [0.2, 0.25) is 0 Å². The van der Waals surface area contributed by atoms with Crippen LogP contribution < -0.4 is 9.47 Å². The van der Waals surface area contributed by atoms with Gasteiger partial charge in [0.1, 0.15) is 13.2 Å². The van der Waals surface area contributed by atoms with Crippen molar-refractivity contribution in [1.82, 2.24) is 4.90 Å². The molecule has 2 heterocycles. The standard InChI is InChI=1S/C20H27NO4/c1-14-15-11-17-18(25-10-9-24-17)12-16(15)20(6-3-4-7-20)13-21(14)19(22)5-8-23-2/h11-12,14H,3-10,13H2,1-2H3. The summed E-state index contributed by atoms with van der Waals surface area (Å²) in [5.74, 6) is 1.86. The molecular formula is C20H27NO4. The fourth-order valence-corrected chi connectivity index (χ4v) is 4.74. The van der Waals surface area contributed by atoms with Crippen LogP contribution in [0.25, 0.3) is 0 Å². The molecule has 0 aromatic heterocycles. The maximum Gasteiger partial charge on any atom is 0.225 e. The Bertz CT molecular complexity index is 666. The summed E-state index contributed by atoms with van der Waals surface area (Å²) in [7, 11) is 1.64. The van der Waals surface area contributed by atoms with E-state index in [2.05, 4.69) is 24.0 Å². The van der Waals surface area contributed by atoms with Gasteiger partial charge in [0.15, 0.2) is 11.5 Å². The fraction of sp³-hybridized carbons (Fsp3) is 0.650. The van der Waals surface area contributed by atoms with E-state index in [9.17, 15) is 4.79 Å². The molecule has 1 aliphatic carbocycles. The van der Waals surface area contributed by atoms with E-state index in [1.807, 2.05) is 0 Å². The van der Waals surface area contributed by atoms with Crippen LogP contribution in [0.15, 0.2) is 12.1 Å². The summed E-state index contributed by atoms with van der Waals surface area (Å²) in [5, 5.41) is 0. The molecule has 1 fully saturated rings. The summed E-state index contributed by atoms with van der Waals surface area (Å²) < 4.78 is 16.7. The van der Waals surface area contributed by atoms with E-state index in [-0.39, 0.29) is 17.4 Å². The highest BCUT2D eigenvalue weighted by molar-refractivity contribution is 5.78. The minimum Gasteiger partial charge on any atom is -0.486 e. The number of benzene rings is 1. The quantitative estimate of drug-likeness (QED) is 0.844. The highest BCUT2D eigenvalue weighted by atomic mass is 16.6. The predicted octanol–water partition coefficient (Wildman–Crippen LogP) is 3.21. The lowest BCUT2D eigenvalue weighted by Gasteiger charge is -2.46. The van der Waals surface area contributed by atoms with Gasteiger partial charge in [0.2, 0.25) is 5.91 Å². The van der Waals surface area contributed by atoms with Gasteiger partial charge in [-0.25, -0.2) is 0 Å². The molecule has 5 nitrogen and oxygen atoms in total. The number of hydrogen-bond donors (Lipinski definition) is 0. The number of carbonyl (C=O) groups is 1. The monoisotopic (exact) mass is 345 g/mol. The van der Waals surface area contributed by atoms with Crippen LogP contribution in [0.5, 0.6) is 11.5 Å². The first-order valence-corrected chi connectivity index (χ1v) is 9.37. The maximum absolute atomic E-state index is 12.8. The van der Waals surface area contributed by atoms with Crippen molar-refractivity contribution in [3.63, 3.8) is 0 Å². The topological polar surface area (TPSA) is 48.0 Å². The summed E-state index contributed by atoms with van der Waals surface area (Å²) in [6.45, 7) is 4.60. The van der Waals surface area contributed by atoms with Crippen LogP contribution in [0, 0.1) is 0 Å². The molecule has 1 spiro atoms. The van der Waals surface area contributed by atoms with Crippen molar-refractivity contribution in [3.05, 3.63) is 23.3 Å². The summed E-state index contributed by atoms with van der Waals surface area (Å²) >= 11 is 0. The highest BCUT2D eigenvalue weighted by Crippen LogP contribution is 2.51. The first-order valence-electron chi connectivity index (χ1n) is 9.37. The molecule has 0 N–H and O–H groups in total. The zero-order valence-electron chi connectivity index (χ0n) is 15.2. The molecule has 2 aliphatic heterocycles. The van der Waals surface area contributed by atoms with Crippen LogP contribution in [-0.4, -0.2) is 44.3 Å². The molecule has 0 radical (unpaired) electrons. The molecule has 1 unspecified atom stereocenters. The second kappa shape index (κ2) is 6.52. The number of ether oxygens (including phenoxy) is 3. The van der Waals surface area contributed by atoms with Gasteiger partial charge in [-0.3, -0.25) is 4.79 Å². The van der Waals surface area contributed by atoms with Gasteiger partial charge in [0.05, 0.1) is 19.1 Å². The summed E-state index contributed by atoms with van der Waals surface area (Å²) in [5.41, 5.74) is 2.67. The first-order chi connectivity index (χ1) is 12.1. The second-order valence-electron chi connectivity index (χ2n) is 7.51. The molecule has 25 heavy (non-hydrogen) atoms. The Kier molecular flexibility index (Phi) is 4.36. The third-order valence-electron chi connectivity index (χ3n) is 6.08. The zero-order valence-corrected chi connectivity index (χ0v) is 15.2. The van der Waals surface area contributed by atoms with Gasteiger partial charge in [-0.2, -0.15) is 0 Å². The summed E-state index contributed by atoms with van der Waals surface area (Å²) in [6, 6.07) is 4.37. The molecule has 1 saturated carbocycles. The van der Waals surface area contributed by atoms with Crippen LogP contribution in [0.1, 0.15) is 56.2 Å². The lowest BCUT2D eigenvalue weighted by Crippen LogP contribution is -2.48. The van der Waals surface area contributed by atoms with E-state index >= 15 is 0 Å². The van der Waals surface area contributed by atoms with Crippen molar-refractivity contribution in [3.8, 4) is 11.5 Å². The van der Waals surface area contributed by atoms with Gasteiger partial charge in [0, 0.05) is 19.1 Å². The summed E-state index contributed by atoms with van der Waals surface area (Å²) in [4.78, 5) is 14.9. The van der Waals surface area contributed by atoms with Crippen LogP contribution in [0.3, 0.4) is 0 Å². The SMILES string of the molecule is COCCC(=O)N1CC2(CCCC2)c2cc3c(cc2C1C)OCCO3. The lowest BCUT2D eigenvalue weighted by molar-refractivity contribution is -0.136. The number of hydrogen-bond acceptors (Lipinski definition) is 4. The molecule has 1 aromatic carbocycles. The van der Waals surface area contributed by atoms with Crippen molar-refractivity contribution in [2.24, 2.45) is 0 Å². The Balaban J connectivity index is 1.75.